The summed E-state index contributed by atoms with van der Waals surface area (Å²) in [6.45, 7) is 0. The highest BCUT2D eigenvalue weighted by atomic mass is 35.5. The molecule has 3 aromatic carbocycles. The molecule has 0 spiro atoms. The predicted octanol–water partition coefficient (Wildman–Crippen LogP) is 5.59. The topological polar surface area (TPSA) is 37.3 Å². The highest BCUT2D eigenvalue weighted by molar-refractivity contribution is 6.30. The van der Waals surface area contributed by atoms with Crippen LogP contribution in [-0.4, -0.2) is 11.1 Å². The Balaban J connectivity index is 1.87. The Morgan fingerprint density at radius 3 is 2.38 bits per heavy atom. The second kappa shape index (κ2) is 7.33. The number of allylic oxidation sites excluding steroid dienone is 1. The lowest BCUT2D eigenvalue weighted by Crippen LogP contribution is -1.95. The predicted molar refractivity (Wildman–Crippen MR) is 99.3 cm³/mol. The van der Waals surface area contributed by atoms with Crippen LogP contribution in [0.4, 0.5) is 0 Å². The van der Waals surface area contributed by atoms with E-state index in [4.69, 9.17) is 11.6 Å². The monoisotopic (exact) mass is 336 g/mol. The Morgan fingerprint density at radius 1 is 0.958 bits per heavy atom. The second-order valence-corrected chi connectivity index (χ2v) is 6.13. The number of aryl methyl sites for hydroxylation is 1. The summed E-state index contributed by atoms with van der Waals surface area (Å²) in [5, 5.41) is 12.2. The van der Waals surface area contributed by atoms with E-state index in [9.17, 15) is 9.90 Å². The normalized spacial score (nSPS) is 11.6. The molecule has 0 aliphatic heterocycles. The van der Waals surface area contributed by atoms with Gasteiger partial charge in [0.25, 0.3) is 0 Å². The van der Waals surface area contributed by atoms with Gasteiger partial charge in [0.15, 0.2) is 0 Å². The maximum absolute atomic E-state index is 11.2. The molecule has 0 fully saturated rings. The van der Waals surface area contributed by atoms with E-state index in [-0.39, 0.29) is 0 Å². The van der Waals surface area contributed by atoms with Gasteiger partial charge in [-0.1, -0.05) is 60.1 Å². The molecule has 0 unspecified atom stereocenters. The molecule has 0 bridgehead atoms. The number of fused-ring (bicyclic) bond motifs is 1. The summed E-state index contributed by atoms with van der Waals surface area (Å²) in [6, 6.07) is 21.8. The van der Waals surface area contributed by atoms with E-state index >= 15 is 0 Å². The number of aliphatic carboxylic acids is 1. The van der Waals surface area contributed by atoms with E-state index in [1.165, 1.54) is 6.08 Å². The highest BCUT2D eigenvalue weighted by Gasteiger charge is 2.07. The van der Waals surface area contributed by atoms with Crippen LogP contribution in [0, 0.1) is 0 Å². The minimum atomic E-state index is -0.922. The van der Waals surface area contributed by atoms with Crippen molar-refractivity contribution in [2.45, 2.75) is 12.8 Å². The molecule has 24 heavy (non-hydrogen) atoms. The van der Waals surface area contributed by atoms with Crippen LogP contribution in [0.15, 0.2) is 72.8 Å². The third-order valence-electron chi connectivity index (χ3n) is 4.01. The molecule has 0 aromatic heterocycles. The number of halogens is 1. The zero-order valence-electron chi connectivity index (χ0n) is 13.1. The Morgan fingerprint density at radius 2 is 1.67 bits per heavy atom. The second-order valence-electron chi connectivity index (χ2n) is 5.70. The van der Waals surface area contributed by atoms with Crippen LogP contribution in [0.5, 0.6) is 0 Å². The Bertz CT molecular complexity index is 895. The lowest BCUT2D eigenvalue weighted by atomic mass is 9.96. The van der Waals surface area contributed by atoms with Crippen molar-refractivity contribution < 1.29 is 9.90 Å². The third-order valence-corrected chi connectivity index (χ3v) is 4.27. The Labute approximate surface area is 146 Å². The van der Waals surface area contributed by atoms with Gasteiger partial charge in [0.1, 0.15) is 0 Å². The quantitative estimate of drug-likeness (QED) is 0.616. The van der Waals surface area contributed by atoms with Crippen molar-refractivity contribution in [2.24, 2.45) is 0 Å². The van der Waals surface area contributed by atoms with Crippen LogP contribution in [0.25, 0.3) is 16.3 Å². The Kier molecular flexibility index (Phi) is 4.97. The van der Waals surface area contributed by atoms with E-state index in [2.05, 4.69) is 0 Å². The minimum Gasteiger partial charge on any atom is -0.478 e. The van der Waals surface area contributed by atoms with Crippen molar-refractivity contribution in [1.29, 1.82) is 0 Å². The number of rotatable bonds is 5. The molecule has 0 aliphatic carbocycles. The molecule has 0 radical (unpaired) electrons. The molecule has 0 heterocycles. The molecule has 120 valence electrons. The van der Waals surface area contributed by atoms with Gasteiger partial charge >= 0.3 is 5.97 Å². The molecule has 0 saturated carbocycles. The molecule has 3 aromatic rings. The summed E-state index contributed by atoms with van der Waals surface area (Å²) in [6.07, 6.45) is 2.73. The average molecular weight is 337 g/mol. The molecule has 0 aliphatic rings. The van der Waals surface area contributed by atoms with E-state index in [1.807, 2.05) is 66.7 Å². The molecule has 3 heteroatoms. The lowest BCUT2D eigenvalue weighted by Gasteiger charge is -2.09. The number of carbonyl (C=O) groups is 1. The van der Waals surface area contributed by atoms with Crippen LogP contribution in [0.1, 0.15) is 17.5 Å². The first-order chi connectivity index (χ1) is 11.6. The van der Waals surface area contributed by atoms with E-state index in [0.29, 0.717) is 11.4 Å². The van der Waals surface area contributed by atoms with Gasteiger partial charge in [0.05, 0.1) is 0 Å². The number of carboxylic acid groups (broad SMARTS) is 1. The number of benzene rings is 3. The van der Waals surface area contributed by atoms with Crippen molar-refractivity contribution >= 4 is 33.9 Å². The van der Waals surface area contributed by atoms with E-state index in [0.717, 1.165) is 33.9 Å². The standard InChI is InChI=1S/C21H17ClO2/c22-20-11-6-15(7-12-20)5-8-19(14-21(23)24)18-10-9-16-3-1-2-4-17(16)13-18/h1-4,6-7,9-14H,5,8H2,(H,23,24)/b19-14-. The van der Waals surface area contributed by atoms with E-state index < -0.39 is 5.97 Å². The van der Waals surface area contributed by atoms with Crippen LogP contribution < -0.4 is 0 Å². The van der Waals surface area contributed by atoms with Crippen molar-refractivity contribution in [2.75, 3.05) is 0 Å². The zero-order chi connectivity index (χ0) is 16.9. The molecule has 2 nitrogen and oxygen atoms in total. The molecule has 1 N–H and O–H groups in total. The minimum absolute atomic E-state index is 0.659. The molecular formula is C21H17ClO2. The van der Waals surface area contributed by atoms with Gasteiger partial charge in [-0.15, -0.1) is 0 Å². The number of hydrogen-bond acceptors (Lipinski definition) is 1. The maximum Gasteiger partial charge on any atom is 0.328 e. The first kappa shape index (κ1) is 16.3. The molecular weight excluding hydrogens is 320 g/mol. The van der Waals surface area contributed by atoms with Crippen molar-refractivity contribution in [3.63, 3.8) is 0 Å². The van der Waals surface area contributed by atoms with Crippen LogP contribution in [0.2, 0.25) is 5.02 Å². The van der Waals surface area contributed by atoms with Gasteiger partial charge in [-0.3, -0.25) is 0 Å². The van der Waals surface area contributed by atoms with Crippen molar-refractivity contribution in [3.05, 3.63) is 89.0 Å². The summed E-state index contributed by atoms with van der Waals surface area (Å²) in [5.74, 6) is -0.922. The largest absolute Gasteiger partial charge is 0.478 e. The average Bonchev–Trinajstić information content (AvgIpc) is 2.59. The first-order valence-electron chi connectivity index (χ1n) is 7.79. The van der Waals surface area contributed by atoms with Crippen molar-refractivity contribution in [3.8, 4) is 0 Å². The summed E-state index contributed by atoms with van der Waals surface area (Å²) < 4.78 is 0. The fourth-order valence-electron chi connectivity index (χ4n) is 2.77. The first-order valence-corrected chi connectivity index (χ1v) is 8.17. The lowest BCUT2D eigenvalue weighted by molar-refractivity contribution is -0.131. The fourth-order valence-corrected chi connectivity index (χ4v) is 2.89. The van der Waals surface area contributed by atoms with Gasteiger partial charge in [-0.2, -0.15) is 0 Å². The zero-order valence-corrected chi connectivity index (χ0v) is 13.8. The molecule has 0 atom stereocenters. The molecule has 0 amide bonds. The van der Waals surface area contributed by atoms with Gasteiger partial charge in [-0.05, 0) is 58.5 Å². The van der Waals surface area contributed by atoms with Gasteiger partial charge in [0.2, 0.25) is 0 Å². The maximum atomic E-state index is 11.2. The number of carboxylic acids is 1. The Hall–Kier alpha value is -2.58. The SMILES string of the molecule is O=C(O)/C=C(/CCc1ccc(Cl)cc1)c1ccc2ccccc2c1. The molecule has 3 rings (SSSR count). The highest BCUT2D eigenvalue weighted by Crippen LogP contribution is 2.25. The molecule has 0 saturated heterocycles. The fraction of sp³-hybridized carbons (Fsp3) is 0.0952. The third kappa shape index (κ3) is 4.03. The summed E-state index contributed by atoms with van der Waals surface area (Å²) in [4.78, 5) is 11.2. The van der Waals surface area contributed by atoms with Crippen LogP contribution in [0.3, 0.4) is 0 Å². The van der Waals surface area contributed by atoms with Crippen LogP contribution in [-0.2, 0) is 11.2 Å². The van der Waals surface area contributed by atoms with Crippen molar-refractivity contribution in [1.82, 2.24) is 0 Å². The van der Waals surface area contributed by atoms with Gasteiger partial charge in [0, 0.05) is 11.1 Å². The van der Waals surface area contributed by atoms with Gasteiger partial charge < -0.3 is 5.11 Å². The summed E-state index contributed by atoms with van der Waals surface area (Å²) >= 11 is 5.91. The van der Waals surface area contributed by atoms with Gasteiger partial charge in [-0.25, -0.2) is 4.79 Å². The summed E-state index contributed by atoms with van der Waals surface area (Å²) in [7, 11) is 0. The van der Waals surface area contributed by atoms with Crippen LogP contribution >= 0.6 is 11.6 Å². The number of hydrogen-bond donors (Lipinski definition) is 1. The van der Waals surface area contributed by atoms with E-state index in [1.54, 1.807) is 0 Å². The smallest absolute Gasteiger partial charge is 0.328 e. The summed E-state index contributed by atoms with van der Waals surface area (Å²) in [5.41, 5.74) is 2.91.